The Bertz CT molecular complexity index is 1140. The largest absolute Gasteiger partial charge is 0.441 e. The maximum absolute atomic E-state index is 13.9. The van der Waals surface area contributed by atoms with Crippen molar-refractivity contribution in [3.8, 4) is 11.3 Å². The number of benzene rings is 2. The summed E-state index contributed by atoms with van der Waals surface area (Å²) in [5.41, 5.74) is 1.22. The van der Waals surface area contributed by atoms with Gasteiger partial charge in [0.1, 0.15) is 17.7 Å². The van der Waals surface area contributed by atoms with Gasteiger partial charge < -0.3 is 9.73 Å². The van der Waals surface area contributed by atoms with Crippen molar-refractivity contribution in [1.82, 2.24) is 25.5 Å². The van der Waals surface area contributed by atoms with Gasteiger partial charge in [-0.2, -0.15) is 5.10 Å². The molecule has 4 rings (SSSR count). The summed E-state index contributed by atoms with van der Waals surface area (Å²) in [5.74, 6) is 1.28. The molecule has 2 aromatic heterocycles. The monoisotopic (exact) mass is 405 g/mol. The van der Waals surface area contributed by atoms with E-state index in [-0.39, 0.29) is 24.6 Å². The number of aromatic nitrogens is 4. The van der Waals surface area contributed by atoms with Crippen LogP contribution in [0.4, 0.5) is 4.39 Å². The molecule has 0 saturated heterocycles. The second-order valence-corrected chi connectivity index (χ2v) is 6.79. The molecule has 0 saturated carbocycles. The lowest BCUT2D eigenvalue weighted by Crippen LogP contribution is -2.30. The first-order chi connectivity index (χ1) is 14.6. The minimum atomic E-state index is -0.470. The van der Waals surface area contributed by atoms with Crippen molar-refractivity contribution >= 4 is 5.91 Å². The molecule has 1 unspecified atom stereocenters. The number of hydrogen-bond acceptors (Lipinski definition) is 5. The number of hydrogen-bond donors (Lipinski definition) is 2. The fraction of sp³-hybridized carbons (Fsp3) is 0.182. The van der Waals surface area contributed by atoms with Crippen LogP contribution in [-0.2, 0) is 11.2 Å². The van der Waals surface area contributed by atoms with Gasteiger partial charge >= 0.3 is 0 Å². The number of aryl methyl sites for hydroxylation is 2. The summed E-state index contributed by atoms with van der Waals surface area (Å²) in [5, 5.41) is 9.96. The molecule has 1 atom stereocenters. The highest BCUT2D eigenvalue weighted by Gasteiger charge is 2.21. The van der Waals surface area contributed by atoms with Crippen molar-refractivity contribution in [1.29, 1.82) is 0 Å². The molecule has 30 heavy (non-hydrogen) atoms. The van der Waals surface area contributed by atoms with Gasteiger partial charge in [-0.05, 0) is 24.6 Å². The van der Waals surface area contributed by atoms with Crippen LogP contribution in [0.3, 0.4) is 0 Å². The molecule has 2 aromatic carbocycles. The Labute approximate surface area is 172 Å². The van der Waals surface area contributed by atoms with Gasteiger partial charge in [0.05, 0.1) is 11.8 Å². The molecule has 4 aromatic rings. The van der Waals surface area contributed by atoms with Crippen molar-refractivity contribution in [2.45, 2.75) is 25.8 Å². The fourth-order valence-corrected chi connectivity index (χ4v) is 3.10. The lowest BCUT2D eigenvalue weighted by molar-refractivity contribution is -0.121. The molecular weight excluding hydrogens is 385 g/mol. The smallest absolute Gasteiger partial charge is 0.221 e. The van der Waals surface area contributed by atoms with Crippen molar-refractivity contribution in [3.05, 3.63) is 89.7 Å². The first kappa shape index (κ1) is 19.5. The van der Waals surface area contributed by atoms with Gasteiger partial charge in [-0.1, -0.05) is 42.5 Å². The van der Waals surface area contributed by atoms with Gasteiger partial charge in [0.15, 0.2) is 17.5 Å². The highest BCUT2D eigenvalue weighted by Crippen LogP contribution is 2.24. The van der Waals surface area contributed by atoms with Gasteiger partial charge in [0.25, 0.3) is 0 Å². The van der Waals surface area contributed by atoms with Crippen LogP contribution in [0.5, 0.6) is 0 Å². The molecule has 2 N–H and O–H groups in total. The third-order valence-electron chi connectivity index (χ3n) is 4.57. The van der Waals surface area contributed by atoms with E-state index in [1.165, 1.54) is 12.3 Å². The number of oxazole rings is 1. The highest BCUT2D eigenvalue weighted by atomic mass is 19.1. The number of halogens is 1. The van der Waals surface area contributed by atoms with Crippen LogP contribution in [0.15, 0.2) is 65.2 Å². The maximum Gasteiger partial charge on any atom is 0.221 e. The van der Waals surface area contributed by atoms with Crippen molar-refractivity contribution in [2.24, 2.45) is 0 Å². The molecule has 0 radical (unpaired) electrons. The summed E-state index contributed by atoms with van der Waals surface area (Å²) in [7, 11) is 0. The average Bonchev–Trinajstić information content (AvgIpc) is 3.40. The van der Waals surface area contributed by atoms with Crippen LogP contribution in [0.1, 0.15) is 35.6 Å². The van der Waals surface area contributed by atoms with E-state index in [1.54, 1.807) is 25.1 Å². The summed E-state index contributed by atoms with van der Waals surface area (Å²) in [6.45, 7) is 1.80. The van der Waals surface area contributed by atoms with Gasteiger partial charge in [0.2, 0.25) is 5.91 Å². The third kappa shape index (κ3) is 4.43. The minimum Gasteiger partial charge on any atom is -0.441 e. The van der Waals surface area contributed by atoms with Crippen LogP contribution in [0.25, 0.3) is 11.3 Å². The molecule has 152 valence electrons. The zero-order valence-electron chi connectivity index (χ0n) is 16.3. The number of nitrogens with zero attached hydrogens (tertiary/aromatic N) is 3. The number of carbonyl (C=O) groups excluding carboxylic acids is 1. The molecular formula is C22H20FN5O2. The van der Waals surface area contributed by atoms with Crippen LogP contribution >= 0.6 is 0 Å². The normalized spacial score (nSPS) is 11.9. The topological polar surface area (TPSA) is 96.7 Å². The highest BCUT2D eigenvalue weighted by molar-refractivity contribution is 5.77. The van der Waals surface area contributed by atoms with Crippen molar-refractivity contribution < 1.29 is 13.6 Å². The van der Waals surface area contributed by atoms with Crippen LogP contribution < -0.4 is 5.32 Å². The predicted molar refractivity (Wildman–Crippen MR) is 108 cm³/mol. The number of H-pyrrole nitrogens is 1. The Morgan fingerprint density at radius 1 is 1.17 bits per heavy atom. The average molecular weight is 405 g/mol. The number of carbonyl (C=O) groups is 1. The van der Waals surface area contributed by atoms with Crippen molar-refractivity contribution in [3.63, 3.8) is 0 Å². The SMILES string of the molecule is Cc1nc(C(NC(=O)CCc2ncc(-c3ccccc3F)o2)c2ccccc2)n[nH]1. The number of nitrogens with one attached hydrogen (secondary N) is 2. The predicted octanol–water partition coefficient (Wildman–Crippen LogP) is 3.75. The van der Waals surface area contributed by atoms with E-state index in [4.69, 9.17) is 4.42 Å². The van der Waals surface area contributed by atoms with E-state index >= 15 is 0 Å². The number of aromatic amines is 1. The Morgan fingerprint density at radius 3 is 2.67 bits per heavy atom. The second kappa shape index (κ2) is 8.69. The zero-order valence-corrected chi connectivity index (χ0v) is 16.3. The van der Waals surface area contributed by atoms with Crippen molar-refractivity contribution in [2.75, 3.05) is 0 Å². The quantitative estimate of drug-likeness (QED) is 0.488. The molecule has 8 heteroatoms. The minimum absolute atomic E-state index is 0.157. The fourth-order valence-electron chi connectivity index (χ4n) is 3.10. The Hall–Kier alpha value is -3.81. The van der Waals surface area contributed by atoms with Crippen LogP contribution in [0.2, 0.25) is 0 Å². The van der Waals surface area contributed by atoms with Gasteiger partial charge in [-0.25, -0.2) is 14.4 Å². The summed E-state index contributed by atoms with van der Waals surface area (Å²) in [4.78, 5) is 21.1. The molecule has 0 spiro atoms. The molecule has 0 bridgehead atoms. The number of amides is 1. The molecule has 0 aliphatic rings. The summed E-state index contributed by atoms with van der Waals surface area (Å²) < 4.78 is 19.5. The van der Waals surface area contributed by atoms with Gasteiger partial charge in [-0.3, -0.25) is 9.89 Å². The third-order valence-corrected chi connectivity index (χ3v) is 4.57. The molecule has 0 aliphatic heterocycles. The van der Waals surface area contributed by atoms with E-state index in [2.05, 4.69) is 25.5 Å². The van der Waals surface area contributed by atoms with E-state index in [1.807, 2.05) is 30.3 Å². The Balaban J connectivity index is 1.43. The first-order valence-electron chi connectivity index (χ1n) is 9.53. The summed E-state index contributed by atoms with van der Waals surface area (Å²) >= 11 is 0. The lowest BCUT2D eigenvalue weighted by Gasteiger charge is -2.16. The zero-order chi connectivity index (χ0) is 20.9. The molecule has 0 fully saturated rings. The van der Waals surface area contributed by atoms with E-state index in [0.717, 1.165) is 5.56 Å². The van der Waals surface area contributed by atoms with Gasteiger partial charge in [0, 0.05) is 12.8 Å². The first-order valence-corrected chi connectivity index (χ1v) is 9.53. The summed E-state index contributed by atoms with van der Waals surface area (Å²) in [6.07, 6.45) is 1.91. The standard InChI is InChI=1S/C22H20FN5O2/c1-14-25-22(28-27-14)21(15-7-3-2-4-8-15)26-19(29)11-12-20-24-13-18(30-20)16-9-5-6-10-17(16)23/h2-10,13,21H,11-12H2,1H3,(H,26,29)(H,25,27,28). The molecule has 1 amide bonds. The number of rotatable bonds is 7. The van der Waals surface area contributed by atoms with E-state index < -0.39 is 6.04 Å². The Morgan fingerprint density at radius 2 is 1.93 bits per heavy atom. The van der Waals surface area contributed by atoms with E-state index in [9.17, 15) is 9.18 Å². The molecule has 2 heterocycles. The summed E-state index contributed by atoms with van der Waals surface area (Å²) in [6, 6.07) is 15.4. The molecule has 0 aliphatic carbocycles. The van der Waals surface area contributed by atoms with Crippen LogP contribution in [-0.4, -0.2) is 26.1 Å². The second-order valence-electron chi connectivity index (χ2n) is 6.79. The van der Waals surface area contributed by atoms with Gasteiger partial charge in [-0.15, -0.1) is 0 Å². The van der Waals surface area contributed by atoms with E-state index in [0.29, 0.717) is 28.9 Å². The lowest BCUT2D eigenvalue weighted by atomic mass is 10.1. The van der Waals surface area contributed by atoms with Crippen LogP contribution in [0, 0.1) is 12.7 Å². The molecule has 7 nitrogen and oxygen atoms in total. The maximum atomic E-state index is 13.9. The Kier molecular flexibility index (Phi) is 5.65.